The van der Waals surface area contributed by atoms with E-state index in [0.717, 1.165) is 39.0 Å². The summed E-state index contributed by atoms with van der Waals surface area (Å²) in [6.07, 6.45) is 7.61. The van der Waals surface area contributed by atoms with Crippen LogP contribution in [-0.2, 0) is 9.47 Å². The monoisotopic (exact) mass is 284 g/mol. The molecule has 1 aliphatic carbocycles. The molecule has 1 aliphatic heterocycles. The lowest BCUT2D eigenvalue weighted by Gasteiger charge is -2.40. The lowest BCUT2D eigenvalue weighted by Crippen LogP contribution is -2.46. The average molecular weight is 284 g/mol. The number of amides is 1. The van der Waals surface area contributed by atoms with Crippen molar-refractivity contribution < 1.29 is 14.3 Å². The van der Waals surface area contributed by atoms with E-state index in [1.165, 1.54) is 25.7 Å². The third kappa shape index (κ3) is 4.63. The van der Waals surface area contributed by atoms with Gasteiger partial charge in [0.05, 0.1) is 6.10 Å². The van der Waals surface area contributed by atoms with Crippen LogP contribution in [0, 0.1) is 0 Å². The number of likely N-dealkylation sites (tertiary alicyclic amines) is 1. The van der Waals surface area contributed by atoms with Gasteiger partial charge in [0.15, 0.2) is 0 Å². The summed E-state index contributed by atoms with van der Waals surface area (Å²) in [6, 6.07) is 0.686. The highest BCUT2D eigenvalue weighted by atomic mass is 16.6. The molecule has 1 saturated carbocycles. The molecule has 0 aromatic carbocycles. The lowest BCUT2D eigenvalue weighted by molar-refractivity contribution is -0.00706. The second kappa shape index (κ2) is 7.84. The van der Waals surface area contributed by atoms with Gasteiger partial charge in [-0.2, -0.15) is 0 Å². The molecule has 0 aromatic heterocycles. The van der Waals surface area contributed by atoms with Gasteiger partial charge in [0.1, 0.15) is 6.10 Å². The van der Waals surface area contributed by atoms with Crippen molar-refractivity contribution in [3.63, 3.8) is 0 Å². The molecule has 20 heavy (non-hydrogen) atoms. The van der Waals surface area contributed by atoms with Gasteiger partial charge in [-0.05, 0) is 44.9 Å². The Bertz CT molecular complexity index is 295. The lowest BCUT2D eigenvalue weighted by atomic mass is 9.90. The van der Waals surface area contributed by atoms with Crippen LogP contribution in [0.2, 0.25) is 0 Å². The summed E-state index contributed by atoms with van der Waals surface area (Å²) in [5, 5.41) is 0. The zero-order chi connectivity index (χ0) is 14.4. The van der Waals surface area contributed by atoms with Gasteiger partial charge in [0.25, 0.3) is 0 Å². The Kier molecular flexibility index (Phi) is 6.10. The van der Waals surface area contributed by atoms with E-state index in [4.69, 9.17) is 15.2 Å². The number of nitrogens with two attached hydrogens (primary N) is 1. The molecular formula is C15H28N2O3. The predicted octanol–water partition coefficient (Wildman–Crippen LogP) is 2.28. The Balaban J connectivity index is 1.66. The van der Waals surface area contributed by atoms with Gasteiger partial charge in [0, 0.05) is 25.7 Å². The SMILES string of the molecule is CCCOC1CCC(N2CCC(OC(N)=O)CC2)CC1. The molecule has 0 spiro atoms. The van der Waals surface area contributed by atoms with Gasteiger partial charge in [-0.3, -0.25) is 0 Å². The van der Waals surface area contributed by atoms with Crippen molar-refractivity contribution in [2.24, 2.45) is 5.73 Å². The smallest absolute Gasteiger partial charge is 0.404 e. The highest BCUT2D eigenvalue weighted by molar-refractivity contribution is 5.64. The first-order valence-corrected chi connectivity index (χ1v) is 8.00. The number of hydrogen-bond acceptors (Lipinski definition) is 4. The molecular weight excluding hydrogens is 256 g/mol. The minimum absolute atomic E-state index is 0.0213. The van der Waals surface area contributed by atoms with Crippen molar-refractivity contribution in [2.75, 3.05) is 19.7 Å². The fourth-order valence-corrected chi connectivity index (χ4v) is 3.38. The van der Waals surface area contributed by atoms with Crippen LogP contribution in [0.25, 0.3) is 0 Å². The highest BCUT2D eigenvalue weighted by Crippen LogP contribution is 2.27. The summed E-state index contributed by atoms with van der Waals surface area (Å²) >= 11 is 0. The van der Waals surface area contributed by atoms with Gasteiger partial charge < -0.3 is 20.1 Å². The van der Waals surface area contributed by atoms with Crippen molar-refractivity contribution in [3.8, 4) is 0 Å². The summed E-state index contributed by atoms with van der Waals surface area (Å²) in [5.74, 6) is 0. The van der Waals surface area contributed by atoms with E-state index in [1.807, 2.05) is 0 Å². The van der Waals surface area contributed by atoms with Gasteiger partial charge >= 0.3 is 6.09 Å². The summed E-state index contributed by atoms with van der Waals surface area (Å²) in [5.41, 5.74) is 5.07. The Hall–Kier alpha value is -0.810. The zero-order valence-corrected chi connectivity index (χ0v) is 12.6. The fourth-order valence-electron chi connectivity index (χ4n) is 3.38. The number of ether oxygens (including phenoxy) is 2. The summed E-state index contributed by atoms with van der Waals surface area (Å²) in [4.78, 5) is 13.3. The van der Waals surface area contributed by atoms with E-state index < -0.39 is 6.09 Å². The highest BCUT2D eigenvalue weighted by Gasteiger charge is 2.29. The minimum atomic E-state index is -0.642. The fraction of sp³-hybridized carbons (Fsp3) is 0.933. The van der Waals surface area contributed by atoms with Crippen LogP contribution in [0.1, 0.15) is 51.9 Å². The van der Waals surface area contributed by atoms with Crippen LogP contribution < -0.4 is 5.73 Å². The molecule has 2 N–H and O–H groups in total. The molecule has 0 bridgehead atoms. The second-order valence-electron chi connectivity index (χ2n) is 5.97. The largest absolute Gasteiger partial charge is 0.446 e. The molecule has 2 rings (SSSR count). The van der Waals surface area contributed by atoms with Gasteiger partial charge in [-0.15, -0.1) is 0 Å². The normalized spacial score (nSPS) is 29.2. The van der Waals surface area contributed by atoms with E-state index in [-0.39, 0.29) is 6.10 Å². The Morgan fingerprint density at radius 2 is 1.75 bits per heavy atom. The van der Waals surface area contributed by atoms with Crippen molar-refractivity contribution in [1.82, 2.24) is 4.90 Å². The van der Waals surface area contributed by atoms with Crippen LogP contribution in [0.4, 0.5) is 4.79 Å². The maximum absolute atomic E-state index is 10.7. The van der Waals surface area contributed by atoms with Crippen molar-refractivity contribution in [2.45, 2.75) is 70.1 Å². The number of primary amides is 1. The third-order valence-corrected chi connectivity index (χ3v) is 4.48. The molecule has 5 heteroatoms. The predicted molar refractivity (Wildman–Crippen MR) is 77.6 cm³/mol. The number of rotatable bonds is 5. The molecule has 2 aliphatic rings. The molecule has 1 heterocycles. The van der Waals surface area contributed by atoms with Crippen LogP contribution in [-0.4, -0.2) is 48.9 Å². The summed E-state index contributed by atoms with van der Waals surface area (Å²) in [6.45, 7) is 5.08. The number of hydrogen-bond donors (Lipinski definition) is 1. The Labute approximate surface area is 121 Å². The van der Waals surface area contributed by atoms with Crippen LogP contribution in [0.3, 0.4) is 0 Å². The second-order valence-corrected chi connectivity index (χ2v) is 5.97. The van der Waals surface area contributed by atoms with E-state index in [9.17, 15) is 4.79 Å². The van der Waals surface area contributed by atoms with Gasteiger partial charge in [-0.25, -0.2) is 4.79 Å². The molecule has 2 fully saturated rings. The van der Waals surface area contributed by atoms with E-state index in [0.29, 0.717) is 12.1 Å². The van der Waals surface area contributed by atoms with Gasteiger partial charge in [0.2, 0.25) is 0 Å². The Morgan fingerprint density at radius 1 is 1.10 bits per heavy atom. The first kappa shape index (κ1) is 15.6. The van der Waals surface area contributed by atoms with Crippen molar-refractivity contribution >= 4 is 6.09 Å². The topological polar surface area (TPSA) is 64.8 Å². The quantitative estimate of drug-likeness (QED) is 0.841. The summed E-state index contributed by atoms with van der Waals surface area (Å²) < 4.78 is 10.9. The van der Waals surface area contributed by atoms with E-state index in [2.05, 4.69) is 11.8 Å². The summed E-state index contributed by atoms with van der Waals surface area (Å²) in [7, 11) is 0. The molecule has 0 aromatic rings. The van der Waals surface area contributed by atoms with Crippen molar-refractivity contribution in [1.29, 1.82) is 0 Å². The maximum Gasteiger partial charge on any atom is 0.404 e. The third-order valence-electron chi connectivity index (χ3n) is 4.48. The standard InChI is InChI=1S/C15H28N2O3/c1-2-11-19-13-5-3-12(4-6-13)17-9-7-14(8-10-17)20-15(16)18/h12-14H,2-11H2,1H3,(H2,16,18). The number of piperidine rings is 1. The number of nitrogens with zero attached hydrogens (tertiary/aromatic N) is 1. The number of carbonyl (C=O) groups is 1. The van der Waals surface area contributed by atoms with Crippen LogP contribution in [0.5, 0.6) is 0 Å². The molecule has 0 unspecified atom stereocenters. The molecule has 5 nitrogen and oxygen atoms in total. The van der Waals surface area contributed by atoms with Crippen molar-refractivity contribution in [3.05, 3.63) is 0 Å². The zero-order valence-electron chi connectivity index (χ0n) is 12.6. The molecule has 0 atom stereocenters. The molecule has 1 saturated heterocycles. The van der Waals surface area contributed by atoms with E-state index >= 15 is 0 Å². The maximum atomic E-state index is 10.7. The first-order valence-electron chi connectivity index (χ1n) is 8.00. The van der Waals surface area contributed by atoms with Crippen LogP contribution in [0.15, 0.2) is 0 Å². The van der Waals surface area contributed by atoms with Crippen LogP contribution >= 0.6 is 0 Å². The first-order chi connectivity index (χ1) is 9.69. The molecule has 116 valence electrons. The minimum Gasteiger partial charge on any atom is -0.446 e. The molecule has 1 amide bonds. The Morgan fingerprint density at radius 3 is 2.30 bits per heavy atom. The van der Waals surface area contributed by atoms with Gasteiger partial charge in [-0.1, -0.05) is 6.92 Å². The average Bonchev–Trinajstić information content (AvgIpc) is 2.46. The number of carbonyl (C=O) groups excluding carboxylic acids is 1. The molecule has 0 radical (unpaired) electrons. The van der Waals surface area contributed by atoms with E-state index in [1.54, 1.807) is 0 Å².